The lowest BCUT2D eigenvalue weighted by atomic mass is 10.9. The molecule has 44 valence electrons. The van der Waals surface area contributed by atoms with Gasteiger partial charge in [-0.1, -0.05) is 0 Å². The van der Waals surface area contributed by atoms with E-state index in [0.29, 0.717) is 23.3 Å². The Bertz CT molecular complexity index is 41.2. The van der Waals surface area contributed by atoms with Crippen LogP contribution in [0.4, 0.5) is 0 Å². The van der Waals surface area contributed by atoms with Crippen LogP contribution in [0, 0.1) is 0 Å². The first-order valence-electron chi connectivity index (χ1n) is 2.84. The molecule has 0 bridgehead atoms. The molecule has 0 aromatic rings. The number of methoxy groups -OCH3 is 1. The molecule has 0 amide bonds. The van der Waals surface area contributed by atoms with Crippen LogP contribution in [0.25, 0.3) is 0 Å². The van der Waals surface area contributed by atoms with Crippen LogP contribution >= 0.6 is 0 Å². The summed E-state index contributed by atoms with van der Waals surface area (Å²) in [6, 6.07) is 0. The van der Waals surface area contributed by atoms with E-state index in [1.165, 1.54) is 9.76 Å². The van der Waals surface area contributed by atoms with Crippen LogP contribution in [0.1, 0.15) is 6.92 Å². The summed E-state index contributed by atoms with van der Waals surface area (Å²) in [5, 5.41) is 0. The maximum Gasteiger partial charge on any atom is 0.0398 e. The summed E-state index contributed by atoms with van der Waals surface area (Å²) in [6.45, 7) is 2.21. The van der Waals surface area contributed by atoms with Gasteiger partial charge in [0.15, 0.2) is 0 Å². The lowest BCUT2D eigenvalue weighted by Gasteiger charge is -2.03. The minimum absolute atomic E-state index is 0.324. The fourth-order valence-electron chi connectivity index (χ4n) is 0.524. The van der Waals surface area contributed by atoms with Gasteiger partial charge in [-0.15, -0.1) is 0 Å². The Kier molecular flexibility index (Phi) is 5.18. The Hall–Kier alpha value is 0.611. The number of hydrogen-bond acceptors (Lipinski definition) is 1. The Morgan fingerprint density at radius 2 is 2.29 bits per heavy atom. The van der Waals surface area contributed by atoms with Crippen LogP contribution in [-0.2, 0) is 4.74 Å². The topological polar surface area (TPSA) is 9.23 Å². The molecule has 0 saturated heterocycles. The number of rotatable bonds is 3. The summed E-state index contributed by atoms with van der Waals surface area (Å²) in [6.07, 6.45) is 0. The molecule has 4 heteroatoms. The number of ether oxygens (including phenoxy) is 1. The van der Waals surface area contributed by atoms with Gasteiger partial charge < -0.3 is 4.74 Å². The third-order valence-electron chi connectivity index (χ3n) is 1.10. The van der Waals surface area contributed by atoms with Crippen LogP contribution in [-0.4, -0.2) is 40.2 Å². The van der Waals surface area contributed by atoms with Gasteiger partial charge in [-0.2, -0.15) is 0 Å². The maximum absolute atomic E-state index is 5.11. The van der Waals surface area contributed by atoms with Crippen molar-refractivity contribution < 1.29 is 4.74 Å². The van der Waals surface area contributed by atoms with E-state index in [1.54, 1.807) is 0 Å². The Morgan fingerprint density at radius 3 is 2.43 bits per heavy atom. The van der Waals surface area contributed by atoms with Crippen LogP contribution < -0.4 is 0 Å². The van der Waals surface area contributed by atoms with E-state index in [1.807, 2.05) is 7.11 Å². The Balaban J connectivity index is 2.83. The maximum atomic E-state index is 5.11. The van der Waals surface area contributed by atoms with Gasteiger partial charge >= 0.3 is 0 Å². The van der Waals surface area contributed by atoms with Gasteiger partial charge in [0.05, 0.1) is 0 Å². The second-order valence-electron chi connectivity index (χ2n) is 1.83. The Morgan fingerprint density at radius 1 is 1.71 bits per heavy atom. The van der Waals surface area contributed by atoms with Gasteiger partial charge in [-0.05, 0) is 25.2 Å². The van der Waals surface area contributed by atoms with E-state index in [4.69, 9.17) is 4.74 Å². The Labute approximate surface area is 52.5 Å². The second kappa shape index (κ2) is 4.76. The molecule has 0 N–H and O–H groups in total. The average Bonchev–Trinajstić information content (AvgIpc) is 1.68. The van der Waals surface area contributed by atoms with Gasteiger partial charge in [0.25, 0.3) is 0 Å². The van der Waals surface area contributed by atoms with Gasteiger partial charge in [-0.25, -0.2) is 0 Å². The number of hydrogen-bond donors (Lipinski definition) is 0. The minimum Gasteiger partial charge on any atom is -0.386 e. The average molecular weight is 150 g/mol. The van der Waals surface area contributed by atoms with Crippen molar-refractivity contribution in [2.45, 2.75) is 12.7 Å². The summed E-state index contributed by atoms with van der Waals surface area (Å²) < 4.78 is 5.11. The molecule has 7 heavy (non-hydrogen) atoms. The van der Waals surface area contributed by atoms with Crippen LogP contribution in [0.5, 0.6) is 0 Å². The molecule has 0 radical (unpaired) electrons. The van der Waals surface area contributed by atoms with Crippen molar-refractivity contribution >= 4 is 27.4 Å². The standard InChI is InChI=1S/C3H14OSi3/c1-3(4-2)6-7-5/h3H,6-7H2,1-2,5H3. The molecule has 1 unspecified atom stereocenters. The summed E-state index contributed by atoms with van der Waals surface area (Å²) in [4.78, 5) is 0. The predicted molar refractivity (Wildman–Crippen MR) is 43.5 cm³/mol. The van der Waals surface area contributed by atoms with E-state index in [-0.39, 0.29) is 0 Å². The van der Waals surface area contributed by atoms with Crippen molar-refractivity contribution in [2.24, 2.45) is 0 Å². The highest BCUT2D eigenvalue weighted by Crippen LogP contribution is 1.79. The molecular formula is C3H14OSi3. The van der Waals surface area contributed by atoms with E-state index in [0.717, 1.165) is 0 Å². The highest BCUT2D eigenvalue weighted by Gasteiger charge is 1.94. The van der Waals surface area contributed by atoms with Crippen molar-refractivity contribution in [2.75, 3.05) is 7.11 Å². The van der Waals surface area contributed by atoms with Gasteiger partial charge in [0.1, 0.15) is 0 Å². The van der Waals surface area contributed by atoms with Crippen molar-refractivity contribution in [3.05, 3.63) is 0 Å². The normalized spacial score (nSPS) is 18.0. The highest BCUT2D eigenvalue weighted by molar-refractivity contribution is 7.24. The van der Waals surface area contributed by atoms with Gasteiger partial charge in [-0.3, -0.25) is 0 Å². The minimum atomic E-state index is 0.324. The van der Waals surface area contributed by atoms with Crippen molar-refractivity contribution in [3.63, 3.8) is 0 Å². The molecule has 0 fully saturated rings. The van der Waals surface area contributed by atoms with E-state index in [2.05, 4.69) is 6.92 Å². The fourth-order valence-corrected chi connectivity index (χ4v) is 12.0. The summed E-state index contributed by atoms with van der Waals surface area (Å²) in [5.41, 5.74) is 0.684. The van der Waals surface area contributed by atoms with Crippen LogP contribution in [0.3, 0.4) is 0 Å². The van der Waals surface area contributed by atoms with E-state index in [9.17, 15) is 0 Å². The highest BCUT2D eigenvalue weighted by atomic mass is 29.5. The first-order valence-corrected chi connectivity index (χ1v) is 13.3. The zero-order chi connectivity index (χ0) is 5.70. The molecular weight excluding hydrogens is 136 g/mol. The third kappa shape index (κ3) is 4.46. The molecule has 0 rings (SSSR count). The van der Waals surface area contributed by atoms with E-state index >= 15 is 0 Å². The zero-order valence-corrected chi connectivity index (χ0v) is 10.2. The molecule has 0 heterocycles. The summed E-state index contributed by atoms with van der Waals surface area (Å²) >= 11 is 0. The fraction of sp³-hybridized carbons (Fsp3) is 1.00. The van der Waals surface area contributed by atoms with E-state index < -0.39 is 0 Å². The SMILES string of the molecule is COC(C)[SiH2][SiH2][SiH3]. The monoisotopic (exact) mass is 150 g/mol. The lowest BCUT2D eigenvalue weighted by Crippen LogP contribution is -2.20. The summed E-state index contributed by atoms with van der Waals surface area (Å²) in [7, 11) is 4.17. The third-order valence-corrected chi connectivity index (χ3v) is 12.2. The van der Waals surface area contributed by atoms with Gasteiger partial charge in [0.2, 0.25) is 0 Å². The summed E-state index contributed by atoms with van der Waals surface area (Å²) in [5.74, 6) is 0. The first kappa shape index (κ1) is 7.61. The largest absolute Gasteiger partial charge is 0.386 e. The molecule has 0 aromatic heterocycles. The molecule has 1 nitrogen and oxygen atoms in total. The quantitative estimate of drug-likeness (QED) is 0.405. The van der Waals surface area contributed by atoms with Crippen molar-refractivity contribution in [3.8, 4) is 0 Å². The van der Waals surface area contributed by atoms with Crippen molar-refractivity contribution in [1.29, 1.82) is 0 Å². The molecule has 0 aliphatic heterocycles. The van der Waals surface area contributed by atoms with Crippen LogP contribution in [0.2, 0.25) is 0 Å². The molecule has 0 aliphatic carbocycles. The zero-order valence-electron chi connectivity index (χ0n) is 5.40. The molecule has 0 spiro atoms. The van der Waals surface area contributed by atoms with Crippen LogP contribution in [0.15, 0.2) is 0 Å². The molecule has 0 aromatic carbocycles. The second-order valence-corrected chi connectivity index (χ2v) is 18.3. The first-order chi connectivity index (χ1) is 3.31. The molecule has 0 aliphatic rings. The predicted octanol–water partition coefficient (Wildman–Crippen LogP) is -2.49. The molecule has 0 saturated carbocycles. The molecule has 1 atom stereocenters. The van der Waals surface area contributed by atoms with Crippen molar-refractivity contribution in [1.82, 2.24) is 0 Å². The smallest absolute Gasteiger partial charge is 0.0398 e. The lowest BCUT2D eigenvalue weighted by molar-refractivity contribution is 0.180. The van der Waals surface area contributed by atoms with Gasteiger partial charge in [0, 0.05) is 21.9 Å².